The van der Waals surface area contributed by atoms with Crippen LogP contribution in [-0.2, 0) is 11.8 Å². The molecule has 0 atom stereocenters. The van der Waals surface area contributed by atoms with Gasteiger partial charge in [-0.3, -0.25) is 4.79 Å². The van der Waals surface area contributed by atoms with Gasteiger partial charge in [-0.15, -0.1) is 0 Å². The summed E-state index contributed by atoms with van der Waals surface area (Å²) < 4.78 is 8.63. The fraction of sp³-hybridized carbons (Fsp3) is 0.429. The highest BCUT2D eigenvalue weighted by Crippen LogP contribution is 2.26. The molecular weight excluding hydrogens is 260 g/mol. The van der Waals surface area contributed by atoms with Gasteiger partial charge in [0.05, 0.1) is 11.3 Å². The number of hydrogen-bond donors (Lipinski definition) is 0. The minimum absolute atomic E-state index is 0.0670. The van der Waals surface area contributed by atoms with Gasteiger partial charge in [-0.25, -0.2) is 0 Å². The maximum Gasteiger partial charge on any atom is 0.248 e. The number of fused-ring (bicyclic) bond motifs is 1. The van der Waals surface area contributed by atoms with Gasteiger partial charge in [0.2, 0.25) is 5.91 Å². The summed E-state index contributed by atoms with van der Waals surface area (Å²) in [5.41, 5.74) is 0.998. The predicted octanol–water partition coefficient (Wildman–Crippen LogP) is 2.87. The highest BCUT2D eigenvalue weighted by Gasteiger charge is 2.09. The summed E-state index contributed by atoms with van der Waals surface area (Å²) in [6.45, 7) is 4.56. The summed E-state index contributed by atoms with van der Waals surface area (Å²) in [6.07, 6.45) is 1.31. The zero-order valence-corrected chi connectivity index (χ0v) is 12.3. The quantitative estimate of drug-likeness (QED) is 0.863. The molecule has 0 saturated heterocycles. The van der Waals surface area contributed by atoms with Crippen molar-refractivity contribution in [1.29, 1.82) is 0 Å². The first-order valence-electron chi connectivity index (χ1n) is 6.46. The van der Waals surface area contributed by atoms with E-state index in [1.807, 2.05) is 43.7 Å². The molecule has 0 aliphatic carbocycles. The Bertz CT molecular complexity index is 655. The van der Waals surface area contributed by atoms with E-state index in [1.165, 1.54) is 11.3 Å². The third-order valence-corrected chi connectivity index (χ3v) is 3.87. The van der Waals surface area contributed by atoms with Crippen LogP contribution in [0.1, 0.15) is 26.7 Å². The molecule has 0 saturated carbocycles. The Labute approximate surface area is 116 Å². The van der Waals surface area contributed by atoms with Crippen LogP contribution in [0.2, 0.25) is 0 Å². The first-order valence-corrected chi connectivity index (χ1v) is 7.28. The van der Waals surface area contributed by atoms with Crippen molar-refractivity contribution in [3.8, 4) is 5.75 Å². The Balaban J connectivity index is 2.57. The molecule has 1 aromatic heterocycles. The van der Waals surface area contributed by atoms with Gasteiger partial charge in [-0.1, -0.05) is 24.3 Å². The van der Waals surface area contributed by atoms with Gasteiger partial charge in [0.1, 0.15) is 11.3 Å². The van der Waals surface area contributed by atoms with Crippen molar-refractivity contribution in [3.63, 3.8) is 0 Å². The number of hydrogen-bond acceptors (Lipinski definition) is 3. The monoisotopic (exact) mass is 278 g/mol. The zero-order valence-electron chi connectivity index (χ0n) is 11.5. The molecule has 0 unspecified atom stereocenters. The summed E-state index contributed by atoms with van der Waals surface area (Å²) in [5.74, 6) is 0.769. The molecule has 2 aromatic rings. The molecule has 19 heavy (non-hydrogen) atoms. The van der Waals surface area contributed by atoms with Crippen molar-refractivity contribution < 1.29 is 9.53 Å². The molecule has 102 valence electrons. The van der Waals surface area contributed by atoms with Crippen molar-refractivity contribution >= 4 is 27.5 Å². The molecule has 1 amide bonds. The van der Waals surface area contributed by atoms with Gasteiger partial charge in [0.15, 0.2) is 4.80 Å². The fourth-order valence-corrected chi connectivity index (χ4v) is 2.98. The number of rotatable bonds is 4. The summed E-state index contributed by atoms with van der Waals surface area (Å²) in [4.78, 5) is 16.5. The summed E-state index contributed by atoms with van der Waals surface area (Å²) in [6, 6.07) is 5.92. The second-order valence-electron chi connectivity index (χ2n) is 4.24. The minimum Gasteiger partial charge on any atom is -0.492 e. The molecule has 0 spiro atoms. The number of carbonyl (C=O) groups is 1. The molecule has 0 N–H and O–H groups in total. The third kappa shape index (κ3) is 2.87. The van der Waals surface area contributed by atoms with Gasteiger partial charge in [-0.05, 0) is 25.5 Å². The SMILES string of the molecule is CCCC(=O)N=c1sc2cccc(OCC)c2n1C. The number of amides is 1. The van der Waals surface area contributed by atoms with Crippen molar-refractivity contribution in [2.24, 2.45) is 12.0 Å². The molecule has 0 bridgehead atoms. The van der Waals surface area contributed by atoms with Crippen LogP contribution in [0.25, 0.3) is 10.2 Å². The van der Waals surface area contributed by atoms with Crippen LogP contribution in [0, 0.1) is 0 Å². The first kappa shape index (κ1) is 13.8. The second-order valence-corrected chi connectivity index (χ2v) is 5.24. The lowest BCUT2D eigenvalue weighted by atomic mass is 10.3. The van der Waals surface area contributed by atoms with E-state index < -0.39 is 0 Å². The minimum atomic E-state index is -0.0670. The molecule has 1 heterocycles. The Morgan fingerprint density at radius 2 is 2.21 bits per heavy atom. The van der Waals surface area contributed by atoms with Gasteiger partial charge in [0, 0.05) is 13.5 Å². The predicted molar refractivity (Wildman–Crippen MR) is 77.4 cm³/mol. The third-order valence-electron chi connectivity index (χ3n) is 2.77. The molecule has 0 aliphatic heterocycles. The lowest BCUT2D eigenvalue weighted by molar-refractivity contribution is -0.118. The molecule has 0 aliphatic rings. The van der Waals surface area contributed by atoms with E-state index >= 15 is 0 Å². The average molecular weight is 278 g/mol. The summed E-state index contributed by atoms with van der Waals surface area (Å²) in [5, 5.41) is 0. The Morgan fingerprint density at radius 1 is 1.42 bits per heavy atom. The van der Waals surface area contributed by atoms with Crippen molar-refractivity contribution in [1.82, 2.24) is 4.57 Å². The number of para-hydroxylation sites is 1. The molecular formula is C14H18N2O2S. The zero-order chi connectivity index (χ0) is 13.8. The summed E-state index contributed by atoms with van der Waals surface area (Å²) in [7, 11) is 1.92. The number of thiazole rings is 1. The highest BCUT2D eigenvalue weighted by atomic mass is 32.1. The highest BCUT2D eigenvalue weighted by molar-refractivity contribution is 7.16. The number of nitrogens with zero attached hydrogens (tertiary/aromatic N) is 2. The van der Waals surface area contributed by atoms with Crippen LogP contribution in [0.5, 0.6) is 5.75 Å². The topological polar surface area (TPSA) is 43.6 Å². The van der Waals surface area contributed by atoms with Crippen LogP contribution in [0.15, 0.2) is 23.2 Å². The molecule has 0 fully saturated rings. The number of benzene rings is 1. The van der Waals surface area contributed by atoms with Crippen molar-refractivity contribution in [3.05, 3.63) is 23.0 Å². The molecule has 2 rings (SSSR count). The van der Waals surface area contributed by atoms with E-state index in [2.05, 4.69) is 4.99 Å². The van der Waals surface area contributed by atoms with E-state index in [1.54, 1.807) is 0 Å². The van der Waals surface area contributed by atoms with Crippen LogP contribution in [-0.4, -0.2) is 17.1 Å². The van der Waals surface area contributed by atoms with Gasteiger partial charge in [-0.2, -0.15) is 4.99 Å². The van der Waals surface area contributed by atoms with Crippen LogP contribution in [0.4, 0.5) is 0 Å². The number of aromatic nitrogens is 1. The van der Waals surface area contributed by atoms with Crippen LogP contribution in [0.3, 0.4) is 0 Å². The number of carbonyl (C=O) groups excluding carboxylic acids is 1. The van der Waals surface area contributed by atoms with E-state index in [9.17, 15) is 4.79 Å². The standard InChI is InChI=1S/C14H18N2O2S/c1-4-7-12(17)15-14-16(3)13-10(18-5-2)8-6-9-11(13)19-14/h6,8-9H,4-5,7H2,1-3H3. The number of ether oxygens (including phenoxy) is 1. The van der Waals surface area contributed by atoms with Crippen molar-refractivity contribution in [2.75, 3.05) is 6.61 Å². The van der Waals surface area contributed by atoms with Gasteiger partial charge < -0.3 is 9.30 Å². The number of aryl methyl sites for hydroxylation is 1. The smallest absolute Gasteiger partial charge is 0.248 e. The lowest BCUT2D eigenvalue weighted by Gasteiger charge is -2.05. The van der Waals surface area contributed by atoms with E-state index in [0.29, 0.717) is 13.0 Å². The van der Waals surface area contributed by atoms with E-state index in [-0.39, 0.29) is 5.91 Å². The summed E-state index contributed by atoms with van der Waals surface area (Å²) >= 11 is 1.51. The van der Waals surface area contributed by atoms with Crippen molar-refractivity contribution in [2.45, 2.75) is 26.7 Å². The van der Waals surface area contributed by atoms with Gasteiger partial charge >= 0.3 is 0 Å². The van der Waals surface area contributed by atoms with Crippen LogP contribution < -0.4 is 9.54 Å². The maximum atomic E-state index is 11.6. The normalized spacial score (nSPS) is 12.1. The van der Waals surface area contributed by atoms with Crippen LogP contribution >= 0.6 is 11.3 Å². The Hall–Kier alpha value is -1.62. The molecule has 1 aromatic carbocycles. The maximum absolute atomic E-state index is 11.6. The van der Waals surface area contributed by atoms with Gasteiger partial charge in [0.25, 0.3) is 0 Å². The fourth-order valence-electron chi connectivity index (χ4n) is 1.92. The average Bonchev–Trinajstić information content (AvgIpc) is 2.68. The molecule has 4 nitrogen and oxygen atoms in total. The molecule has 5 heteroatoms. The largest absolute Gasteiger partial charge is 0.492 e. The van der Waals surface area contributed by atoms with E-state index in [4.69, 9.17) is 4.74 Å². The van der Waals surface area contributed by atoms with E-state index in [0.717, 1.165) is 27.2 Å². The Kier molecular flexibility index (Phi) is 4.37. The Morgan fingerprint density at radius 3 is 2.89 bits per heavy atom. The first-order chi connectivity index (χ1) is 9.17. The lowest BCUT2D eigenvalue weighted by Crippen LogP contribution is -2.13. The second kappa shape index (κ2) is 6.02. The molecule has 0 radical (unpaired) electrons.